The Balaban J connectivity index is 2.16. The van der Waals surface area contributed by atoms with Crippen molar-refractivity contribution in [2.45, 2.75) is 33.1 Å². The Labute approximate surface area is 156 Å². The highest BCUT2D eigenvalue weighted by Crippen LogP contribution is 2.25. The molecule has 2 aromatic carbocycles. The molecule has 0 unspecified atom stereocenters. The fraction of sp³-hybridized carbons (Fsp3) is 0.300. The molecule has 0 saturated carbocycles. The van der Waals surface area contributed by atoms with Gasteiger partial charge in [-0.05, 0) is 35.2 Å². The number of halogens is 3. The van der Waals surface area contributed by atoms with Crippen LogP contribution in [0.3, 0.4) is 0 Å². The maximum absolute atomic E-state index is 14.0. The van der Waals surface area contributed by atoms with E-state index in [4.69, 9.17) is 0 Å². The van der Waals surface area contributed by atoms with Crippen LogP contribution in [0, 0.1) is 17.5 Å². The number of anilines is 2. The maximum Gasteiger partial charge on any atom is 0.244 e. The number of carbonyl (C=O) groups is 2. The molecule has 2 aromatic rings. The molecule has 27 heavy (non-hydrogen) atoms. The second-order valence-electron chi connectivity index (χ2n) is 7.18. The summed E-state index contributed by atoms with van der Waals surface area (Å²) in [6.07, 6.45) is 0. The lowest BCUT2D eigenvalue weighted by Crippen LogP contribution is -2.37. The van der Waals surface area contributed by atoms with Crippen molar-refractivity contribution in [1.82, 2.24) is 0 Å². The van der Waals surface area contributed by atoms with Crippen molar-refractivity contribution < 1.29 is 22.8 Å². The SMILES string of the molecule is CC(=O)N(CC(=O)Nc1ccc(C(C)(C)C)cc1)c1ccc(F)c(F)c1F. The van der Waals surface area contributed by atoms with E-state index < -0.39 is 41.5 Å². The minimum atomic E-state index is -1.70. The van der Waals surface area contributed by atoms with Gasteiger partial charge in [-0.3, -0.25) is 9.59 Å². The summed E-state index contributed by atoms with van der Waals surface area (Å²) in [5, 5.41) is 2.60. The van der Waals surface area contributed by atoms with Gasteiger partial charge in [0, 0.05) is 12.6 Å². The molecule has 0 heterocycles. The second-order valence-corrected chi connectivity index (χ2v) is 7.18. The van der Waals surface area contributed by atoms with Crippen LogP contribution in [0.2, 0.25) is 0 Å². The summed E-state index contributed by atoms with van der Waals surface area (Å²) in [5.41, 5.74) is 1.04. The van der Waals surface area contributed by atoms with Gasteiger partial charge in [0.05, 0.1) is 5.69 Å². The first kappa shape index (κ1) is 20.5. The molecular formula is C20H21F3N2O2. The van der Waals surface area contributed by atoms with Gasteiger partial charge < -0.3 is 10.2 Å². The van der Waals surface area contributed by atoms with Crippen LogP contribution in [0.4, 0.5) is 24.5 Å². The number of hydrogen-bond acceptors (Lipinski definition) is 2. The highest BCUT2D eigenvalue weighted by Gasteiger charge is 2.23. The number of amides is 2. The summed E-state index contributed by atoms with van der Waals surface area (Å²) in [6.45, 7) is 6.73. The third kappa shape index (κ3) is 4.87. The molecule has 0 radical (unpaired) electrons. The molecule has 0 spiro atoms. The average molecular weight is 378 g/mol. The molecule has 0 fully saturated rings. The van der Waals surface area contributed by atoms with Gasteiger partial charge in [-0.25, -0.2) is 13.2 Å². The van der Waals surface area contributed by atoms with E-state index in [9.17, 15) is 22.8 Å². The predicted molar refractivity (Wildman–Crippen MR) is 98.1 cm³/mol. The first-order chi connectivity index (χ1) is 12.5. The van der Waals surface area contributed by atoms with Crippen LogP contribution in [-0.2, 0) is 15.0 Å². The zero-order valence-electron chi connectivity index (χ0n) is 15.6. The van der Waals surface area contributed by atoms with Gasteiger partial charge in [0.25, 0.3) is 0 Å². The van der Waals surface area contributed by atoms with E-state index in [0.717, 1.165) is 23.5 Å². The van der Waals surface area contributed by atoms with Crippen LogP contribution in [0.15, 0.2) is 36.4 Å². The fourth-order valence-corrected chi connectivity index (χ4v) is 2.49. The van der Waals surface area contributed by atoms with Crippen molar-refractivity contribution >= 4 is 23.2 Å². The number of nitrogens with zero attached hydrogens (tertiary/aromatic N) is 1. The van der Waals surface area contributed by atoms with Crippen LogP contribution >= 0.6 is 0 Å². The van der Waals surface area contributed by atoms with Crippen molar-refractivity contribution in [3.05, 3.63) is 59.4 Å². The smallest absolute Gasteiger partial charge is 0.244 e. The molecule has 4 nitrogen and oxygen atoms in total. The first-order valence-electron chi connectivity index (χ1n) is 8.32. The highest BCUT2D eigenvalue weighted by atomic mass is 19.2. The largest absolute Gasteiger partial charge is 0.325 e. The average Bonchev–Trinajstić information content (AvgIpc) is 2.58. The second kappa shape index (κ2) is 7.82. The number of hydrogen-bond donors (Lipinski definition) is 1. The van der Waals surface area contributed by atoms with E-state index in [1.807, 2.05) is 12.1 Å². The molecule has 0 aromatic heterocycles. The topological polar surface area (TPSA) is 49.4 Å². The van der Waals surface area contributed by atoms with Gasteiger partial charge in [0.2, 0.25) is 11.8 Å². The molecule has 0 saturated heterocycles. The Kier molecular flexibility index (Phi) is 5.93. The zero-order valence-corrected chi connectivity index (χ0v) is 15.6. The molecule has 0 aliphatic rings. The monoisotopic (exact) mass is 378 g/mol. The molecule has 0 aliphatic heterocycles. The Hall–Kier alpha value is -2.83. The van der Waals surface area contributed by atoms with Crippen LogP contribution in [-0.4, -0.2) is 18.4 Å². The van der Waals surface area contributed by atoms with E-state index in [1.54, 1.807) is 12.1 Å². The molecule has 0 atom stereocenters. The first-order valence-corrected chi connectivity index (χ1v) is 8.32. The van der Waals surface area contributed by atoms with E-state index in [-0.39, 0.29) is 5.41 Å². The summed E-state index contributed by atoms with van der Waals surface area (Å²) < 4.78 is 40.5. The quantitative estimate of drug-likeness (QED) is 0.802. The third-order valence-electron chi connectivity index (χ3n) is 4.02. The maximum atomic E-state index is 14.0. The molecule has 0 aliphatic carbocycles. The minimum absolute atomic E-state index is 0.0435. The predicted octanol–water partition coefficient (Wildman–Crippen LogP) is 4.39. The van der Waals surface area contributed by atoms with Gasteiger partial charge in [-0.2, -0.15) is 0 Å². The molecule has 2 amide bonds. The molecular weight excluding hydrogens is 357 g/mol. The van der Waals surface area contributed by atoms with E-state index in [2.05, 4.69) is 26.1 Å². The third-order valence-corrected chi connectivity index (χ3v) is 4.02. The van der Waals surface area contributed by atoms with Crippen LogP contribution in [0.5, 0.6) is 0 Å². The van der Waals surface area contributed by atoms with Crippen molar-refractivity contribution in [2.75, 3.05) is 16.8 Å². The summed E-state index contributed by atoms with van der Waals surface area (Å²) in [7, 11) is 0. The van der Waals surface area contributed by atoms with Crippen molar-refractivity contribution in [3.8, 4) is 0 Å². The number of nitrogens with one attached hydrogen (secondary N) is 1. The zero-order chi connectivity index (χ0) is 20.4. The van der Waals surface area contributed by atoms with Crippen molar-refractivity contribution in [2.24, 2.45) is 0 Å². The van der Waals surface area contributed by atoms with Gasteiger partial charge in [0.1, 0.15) is 6.54 Å². The fourth-order valence-electron chi connectivity index (χ4n) is 2.49. The number of benzene rings is 2. The Bertz CT molecular complexity index is 859. The Morgan fingerprint density at radius 1 is 0.963 bits per heavy atom. The van der Waals surface area contributed by atoms with Crippen LogP contribution < -0.4 is 10.2 Å². The highest BCUT2D eigenvalue weighted by molar-refractivity contribution is 6.01. The van der Waals surface area contributed by atoms with E-state index in [1.165, 1.54) is 0 Å². The Morgan fingerprint density at radius 2 is 1.56 bits per heavy atom. The lowest BCUT2D eigenvalue weighted by molar-refractivity contribution is -0.120. The van der Waals surface area contributed by atoms with Crippen LogP contribution in [0.25, 0.3) is 0 Å². The number of rotatable bonds is 4. The van der Waals surface area contributed by atoms with Gasteiger partial charge in [-0.15, -0.1) is 0 Å². The molecule has 2 rings (SSSR count). The van der Waals surface area contributed by atoms with Crippen LogP contribution in [0.1, 0.15) is 33.3 Å². The van der Waals surface area contributed by atoms with E-state index >= 15 is 0 Å². The number of carbonyl (C=O) groups excluding carboxylic acids is 2. The summed E-state index contributed by atoms with van der Waals surface area (Å²) >= 11 is 0. The normalized spacial score (nSPS) is 11.2. The Morgan fingerprint density at radius 3 is 2.07 bits per heavy atom. The van der Waals surface area contributed by atoms with Gasteiger partial charge >= 0.3 is 0 Å². The van der Waals surface area contributed by atoms with Crippen molar-refractivity contribution in [3.63, 3.8) is 0 Å². The van der Waals surface area contributed by atoms with Gasteiger partial charge in [-0.1, -0.05) is 32.9 Å². The summed E-state index contributed by atoms with van der Waals surface area (Å²) in [6, 6.07) is 8.79. The molecule has 1 N–H and O–H groups in total. The molecule has 7 heteroatoms. The standard InChI is InChI=1S/C20H21F3N2O2/c1-12(26)25(16-10-9-15(21)18(22)19(16)23)11-17(27)24-14-7-5-13(6-8-14)20(2,3)4/h5-10H,11H2,1-4H3,(H,24,27). The summed E-state index contributed by atoms with van der Waals surface area (Å²) in [4.78, 5) is 24.8. The summed E-state index contributed by atoms with van der Waals surface area (Å²) in [5.74, 6) is -5.87. The van der Waals surface area contributed by atoms with Crippen molar-refractivity contribution in [1.29, 1.82) is 0 Å². The van der Waals surface area contributed by atoms with Gasteiger partial charge in [0.15, 0.2) is 17.5 Å². The van der Waals surface area contributed by atoms with E-state index in [0.29, 0.717) is 11.8 Å². The molecule has 0 bridgehead atoms. The lowest BCUT2D eigenvalue weighted by atomic mass is 9.87. The molecule has 144 valence electrons. The minimum Gasteiger partial charge on any atom is -0.325 e. The lowest BCUT2D eigenvalue weighted by Gasteiger charge is -2.22.